The molecule has 0 aromatic carbocycles. The average Bonchev–Trinajstić information content (AvgIpc) is 2.72. The van der Waals surface area contributed by atoms with Gasteiger partial charge in [-0.05, 0) is 24.7 Å². The van der Waals surface area contributed by atoms with Crippen molar-refractivity contribution < 1.29 is 19.5 Å². The summed E-state index contributed by atoms with van der Waals surface area (Å²) >= 11 is 0. The van der Waals surface area contributed by atoms with Crippen LogP contribution in [0.2, 0.25) is 0 Å². The van der Waals surface area contributed by atoms with Crippen molar-refractivity contribution in [3.63, 3.8) is 0 Å². The Morgan fingerprint density at radius 2 is 1.94 bits per heavy atom. The van der Waals surface area contributed by atoms with Crippen LogP contribution in [-0.2, 0) is 14.4 Å². The lowest BCUT2D eigenvalue weighted by Crippen LogP contribution is -2.36. The number of aliphatic carboxylic acids is 1. The first kappa shape index (κ1) is 15.0. The van der Waals surface area contributed by atoms with E-state index in [0.29, 0.717) is 31.3 Å². The SMILES string of the molecule is CCC1CC(C(=O)O)C(C(=O)NOCC(C)C)C1. The van der Waals surface area contributed by atoms with E-state index < -0.39 is 17.8 Å². The minimum atomic E-state index is -0.880. The van der Waals surface area contributed by atoms with Gasteiger partial charge in [0.25, 0.3) is 0 Å². The van der Waals surface area contributed by atoms with E-state index in [4.69, 9.17) is 9.94 Å². The second-order valence-corrected chi connectivity index (χ2v) is 5.47. The summed E-state index contributed by atoms with van der Waals surface area (Å²) in [6.45, 7) is 6.43. The predicted octanol–water partition coefficient (Wildman–Crippen LogP) is 1.83. The topological polar surface area (TPSA) is 75.6 Å². The summed E-state index contributed by atoms with van der Waals surface area (Å²) < 4.78 is 0. The minimum absolute atomic E-state index is 0.293. The van der Waals surface area contributed by atoms with E-state index in [9.17, 15) is 9.59 Å². The zero-order chi connectivity index (χ0) is 13.7. The van der Waals surface area contributed by atoms with Gasteiger partial charge in [0, 0.05) is 0 Å². The molecule has 0 spiro atoms. The predicted molar refractivity (Wildman–Crippen MR) is 66.6 cm³/mol. The summed E-state index contributed by atoms with van der Waals surface area (Å²) in [5, 5.41) is 9.14. The Labute approximate surface area is 108 Å². The van der Waals surface area contributed by atoms with Crippen LogP contribution in [0.3, 0.4) is 0 Å². The highest BCUT2D eigenvalue weighted by molar-refractivity contribution is 5.84. The maximum Gasteiger partial charge on any atom is 0.307 e. The fourth-order valence-electron chi connectivity index (χ4n) is 2.39. The molecule has 1 fully saturated rings. The van der Waals surface area contributed by atoms with Crippen LogP contribution >= 0.6 is 0 Å². The fourth-order valence-corrected chi connectivity index (χ4v) is 2.39. The van der Waals surface area contributed by atoms with Gasteiger partial charge in [-0.1, -0.05) is 27.2 Å². The van der Waals surface area contributed by atoms with Gasteiger partial charge in [-0.25, -0.2) is 5.48 Å². The number of carbonyl (C=O) groups is 2. The Bertz CT molecular complexity index is 303. The second kappa shape index (κ2) is 6.73. The zero-order valence-corrected chi connectivity index (χ0v) is 11.3. The molecule has 0 heterocycles. The summed E-state index contributed by atoms with van der Waals surface area (Å²) in [5.74, 6) is -1.55. The molecule has 1 saturated carbocycles. The summed E-state index contributed by atoms with van der Waals surface area (Å²) in [6, 6.07) is 0. The zero-order valence-electron chi connectivity index (χ0n) is 11.3. The van der Waals surface area contributed by atoms with Gasteiger partial charge in [-0.2, -0.15) is 0 Å². The summed E-state index contributed by atoms with van der Waals surface area (Å²) in [5.41, 5.74) is 2.38. The van der Waals surface area contributed by atoms with Gasteiger partial charge in [0.05, 0.1) is 18.4 Å². The maximum atomic E-state index is 11.9. The molecule has 3 unspecified atom stereocenters. The van der Waals surface area contributed by atoms with Gasteiger partial charge < -0.3 is 5.11 Å². The Hall–Kier alpha value is -1.10. The van der Waals surface area contributed by atoms with E-state index in [1.807, 2.05) is 20.8 Å². The number of amides is 1. The molecule has 1 rings (SSSR count). The first-order valence-corrected chi connectivity index (χ1v) is 6.60. The van der Waals surface area contributed by atoms with Crippen molar-refractivity contribution in [1.29, 1.82) is 0 Å². The third-order valence-electron chi connectivity index (χ3n) is 3.48. The molecule has 3 atom stereocenters. The molecule has 0 aromatic rings. The smallest absolute Gasteiger partial charge is 0.307 e. The molecule has 1 amide bonds. The van der Waals surface area contributed by atoms with Crippen LogP contribution in [0.1, 0.15) is 40.0 Å². The minimum Gasteiger partial charge on any atom is -0.481 e. The van der Waals surface area contributed by atoms with Crippen LogP contribution in [0.25, 0.3) is 0 Å². The summed E-state index contributed by atoms with van der Waals surface area (Å²) in [4.78, 5) is 28.1. The molecule has 0 radical (unpaired) electrons. The van der Waals surface area contributed by atoms with Gasteiger partial charge in [0.15, 0.2) is 0 Å². The number of carbonyl (C=O) groups excluding carboxylic acids is 1. The number of rotatable bonds is 6. The van der Waals surface area contributed by atoms with Crippen molar-refractivity contribution in [2.75, 3.05) is 6.61 Å². The van der Waals surface area contributed by atoms with Gasteiger partial charge >= 0.3 is 5.97 Å². The van der Waals surface area contributed by atoms with Gasteiger partial charge in [-0.15, -0.1) is 0 Å². The van der Waals surface area contributed by atoms with Crippen molar-refractivity contribution in [3.05, 3.63) is 0 Å². The van der Waals surface area contributed by atoms with Gasteiger partial charge in [0.2, 0.25) is 5.91 Å². The Balaban J connectivity index is 2.51. The molecule has 5 heteroatoms. The first-order chi connectivity index (χ1) is 8.45. The molecular weight excluding hydrogens is 234 g/mol. The van der Waals surface area contributed by atoms with Crippen LogP contribution in [-0.4, -0.2) is 23.6 Å². The van der Waals surface area contributed by atoms with Crippen molar-refractivity contribution >= 4 is 11.9 Å². The van der Waals surface area contributed by atoms with Crippen molar-refractivity contribution in [3.8, 4) is 0 Å². The molecule has 1 aliphatic carbocycles. The molecule has 0 saturated heterocycles. The number of carboxylic acid groups (broad SMARTS) is 1. The largest absolute Gasteiger partial charge is 0.481 e. The Morgan fingerprint density at radius 1 is 1.33 bits per heavy atom. The number of nitrogens with one attached hydrogen (secondary N) is 1. The van der Waals surface area contributed by atoms with E-state index in [0.717, 1.165) is 6.42 Å². The van der Waals surface area contributed by atoms with Crippen LogP contribution in [0.4, 0.5) is 0 Å². The first-order valence-electron chi connectivity index (χ1n) is 6.60. The lowest BCUT2D eigenvalue weighted by Gasteiger charge is -2.15. The molecule has 18 heavy (non-hydrogen) atoms. The number of hydroxylamine groups is 1. The second-order valence-electron chi connectivity index (χ2n) is 5.47. The molecule has 5 nitrogen and oxygen atoms in total. The molecule has 2 N–H and O–H groups in total. The highest BCUT2D eigenvalue weighted by Crippen LogP contribution is 2.38. The highest BCUT2D eigenvalue weighted by atomic mass is 16.7. The molecule has 0 bridgehead atoms. The Morgan fingerprint density at radius 3 is 2.44 bits per heavy atom. The summed E-state index contributed by atoms with van der Waals surface area (Å²) in [6.07, 6.45) is 2.15. The highest BCUT2D eigenvalue weighted by Gasteiger charge is 2.42. The van der Waals surface area contributed by atoms with Crippen LogP contribution in [0.5, 0.6) is 0 Å². The Kier molecular flexibility index (Phi) is 5.59. The van der Waals surface area contributed by atoms with E-state index in [-0.39, 0.29) is 5.91 Å². The summed E-state index contributed by atoms with van der Waals surface area (Å²) in [7, 11) is 0. The molecule has 0 aromatic heterocycles. The van der Waals surface area contributed by atoms with Crippen molar-refractivity contribution in [1.82, 2.24) is 5.48 Å². The quantitative estimate of drug-likeness (QED) is 0.712. The third-order valence-corrected chi connectivity index (χ3v) is 3.48. The molecule has 0 aliphatic heterocycles. The number of carboxylic acids is 1. The third kappa shape index (κ3) is 3.98. The van der Waals surface area contributed by atoms with Crippen LogP contribution < -0.4 is 5.48 Å². The maximum absolute atomic E-state index is 11.9. The number of hydrogen-bond acceptors (Lipinski definition) is 3. The fraction of sp³-hybridized carbons (Fsp3) is 0.846. The standard InChI is InChI=1S/C13H23NO4/c1-4-9-5-10(11(6-9)13(16)17)12(15)14-18-7-8(2)3/h8-11H,4-7H2,1-3H3,(H,14,15)(H,16,17). The monoisotopic (exact) mass is 257 g/mol. The van der Waals surface area contributed by atoms with Crippen molar-refractivity contribution in [2.24, 2.45) is 23.7 Å². The van der Waals surface area contributed by atoms with Crippen LogP contribution in [0, 0.1) is 23.7 Å². The number of hydrogen-bond donors (Lipinski definition) is 2. The van der Waals surface area contributed by atoms with E-state index in [2.05, 4.69) is 5.48 Å². The van der Waals surface area contributed by atoms with E-state index in [1.165, 1.54) is 0 Å². The average molecular weight is 257 g/mol. The van der Waals surface area contributed by atoms with Gasteiger partial charge in [-0.3, -0.25) is 14.4 Å². The van der Waals surface area contributed by atoms with E-state index in [1.54, 1.807) is 0 Å². The normalized spacial score (nSPS) is 27.4. The molecule has 104 valence electrons. The molecule has 1 aliphatic rings. The lowest BCUT2D eigenvalue weighted by atomic mass is 9.96. The van der Waals surface area contributed by atoms with E-state index >= 15 is 0 Å². The van der Waals surface area contributed by atoms with Gasteiger partial charge in [0.1, 0.15) is 0 Å². The molecular formula is C13H23NO4. The lowest BCUT2D eigenvalue weighted by molar-refractivity contribution is -0.150. The van der Waals surface area contributed by atoms with Crippen LogP contribution in [0.15, 0.2) is 0 Å². The van der Waals surface area contributed by atoms with Crippen molar-refractivity contribution in [2.45, 2.75) is 40.0 Å².